The number of benzene rings is 2. The van der Waals surface area contributed by atoms with Crippen LogP contribution in [-0.2, 0) is 0 Å². The highest BCUT2D eigenvalue weighted by molar-refractivity contribution is 5.83. The Balaban J connectivity index is 1.93. The fraction of sp³-hybridized carbons (Fsp3) is 0. The molecule has 2 aromatic rings. The molecule has 0 aromatic heterocycles. The largest absolute Gasteiger partial charge is 0.508 e. The van der Waals surface area contributed by atoms with E-state index in [9.17, 15) is 10.2 Å². The lowest BCUT2D eigenvalue weighted by atomic mass is 10.2. The summed E-state index contributed by atoms with van der Waals surface area (Å²) in [5.41, 5.74) is 3.96. The van der Waals surface area contributed by atoms with Crippen LogP contribution in [0.5, 0.6) is 11.5 Å². The molecule has 0 bridgehead atoms. The van der Waals surface area contributed by atoms with Crippen LogP contribution in [0.15, 0.2) is 53.6 Å². The molecule has 0 spiro atoms. The first kappa shape index (κ1) is 12.0. The molecule has 0 fully saturated rings. The van der Waals surface area contributed by atoms with Gasteiger partial charge in [-0.15, -0.1) is 0 Å². The molecule has 0 saturated heterocycles. The topological polar surface area (TPSA) is 64.8 Å². The van der Waals surface area contributed by atoms with Crippen molar-refractivity contribution in [1.82, 2.24) is 5.43 Å². The van der Waals surface area contributed by atoms with E-state index >= 15 is 0 Å². The summed E-state index contributed by atoms with van der Waals surface area (Å²) in [6.07, 6.45) is 1.51. The van der Waals surface area contributed by atoms with Crippen LogP contribution >= 0.6 is 0 Å². The molecule has 18 heavy (non-hydrogen) atoms. The van der Waals surface area contributed by atoms with E-state index in [1.165, 1.54) is 6.21 Å². The highest BCUT2D eigenvalue weighted by atomic mass is 16.3. The van der Waals surface area contributed by atoms with Gasteiger partial charge in [-0.2, -0.15) is 5.10 Å². The van der Waals surface area contributed by atoms with Crippen molar-refractivity contribution in [3.63, 3.8) is 0 Å². The first-order chi connectivity index (χ1) is 8.77. The van der Waals surface area contributed by atoms with Crippen LogP contribution < -0.4 is 5.43 Å². The Labute approximate surface area is 105 Å². The lowest BCUT2D eigenvalue weighted by Gasteiger charge is -2.02. The summed E-state index contributed by atoms with van der Waals surface area (Å²) in [6.45, 7) is 1.58. The molecule has 3 N–H and O–H groups in total. The molecule has 0 aliphatic carbocycles. The molecule has 4 heteroatoms. The van der Waals surface area contributed by atoms with Gasteiger partial charge in [-0.05, 0) is 18.2 Å². The number of hydrogen-bond acceptors (Lipinski definition) is 4. The van der Waals surface area contributed by atoms with E-state index in [-0.39, 0.29) is 11.5 Å². The van der Waals surface area contributed by atoms with Crippen molar-refractivity contribution < 1.29 is 10.2 Å². The highest BCUT2D eigenvalue weighted by Gasteiger charge is 1.98. The van der Waals surface area contributed by atoms with E-state index < -0.39 is 0 Å². The molecule has 1 radical (unpaired) electrons. The summed E-state index contributed by atoms with van der Waals surface area (Å²) in [5, 5.41) is 22.9. The molecular formula is C14H13N2O2. The van der Waals surface area contributed by atoms with Crippen LogP contribution in [0.2, 0.25) is 0 Å². The van der Waals surface area contributed by atoms with Gasteiger partial charge in [0.25, 0.3) is 0 Å². The van der Waals surface area contributed by atoms with Crippen molar-refractivity contribution in [2.75, 3.05) is 0 Å². The van der Waals surface area contributed by atoms with Crippen molar-refractivity contribution in [2.45, 2.75) is 0 Å². The lowest BCUT2D eigenvalue weighted by molar-refractivity contribution is 0.470. The molecule has 91 valence electrons. The number of para-hydroxylation sites is 2. The average Bonchev–Trinajstić information content (AvgIpc) is 2.38. The Morgan fingerprint density at radius 2 is 1.39 bits per heavy atom. The number of hydrogen-bond donors (Lipinski definition) is 3. The van der Waals surface area contributed by atoms with Gasteiger partial charge in [-0.1, -0.05) is 30.3 Å². The molecule has 0 amide bonds. The molecule has 2 aromatic carbocycles. The van der Waals surface area contributed by atoms with Gasteiger partial charge in [-0.25, -0.2) is 0 Å². The zero-order valence-electron chi connectivity index (χ0n) is 9.62. The number of aromatic hydroxyl groups is 2. The van der Waals surface area contributed by atoms with Crippen molar-refractivity contribution in [3.8, 4) is 11.5 Å². The van der Waals surface area contributed by atoms with Gasteiger partial charge in [0.05, 0.1) is 12.8 Å². The maximum atomic E-state index is 9.51. The van der Waals surface area contributed by atoms with E-state index in [2.05, 4.69) is 10.5 Å². The van der Waals surface area contributed by atoms with Gasteiger partial charge in [0.15, 0.2) is 0 Å². The van der Waals surface area contributed by atoms with E-state index in [1.54, 1.807) is 42.9 Å². The van der Waals surface area contributed by atoms with Gasteiger partial charge in [0.2, 0.25) is 0 Å². The predicted molar refractivity (Wildman–Crippen MR) is 70.3 cm³/mol. The molecule has 0 heterocycles. The van der Waals surface area contributed by atoms with Crippen LogP contribution in [0.3, 0.4) is 0 Å². The minimum absolute atomic E-state index is 0.172. The second kappa shape index (κ2) is 5.72. The number of hydrazone groups is 1. The number of rotatable bonds is 4. The Kier molecular flexibility index (Phi) is 3.81. The van der Waals surface area contributed by atoms with E-state index in [1.807, 2.05) is 12.1 Å². The third-order valence-corrected chi connectivity index (χ3v) is 2.37. The van der Waals surface area contributed by atoms with Gasteiger partial charge in [-0.3, -0.25) is 5.43 Å². The van der Waals surface area contributed by atoms with E-state index in [4.69, 9.17) is 0 Å². The van der Waals surface area contributed by atoms with Crippen molar-refractivity contribution in [3.05, 3.63) is 66.2 Å². The average molecular weight is 241 g/mol. The van der Waals surface area contributed by atoms with Gasteiger partial charge in [0.1, 0.15) is 11.5 Å². The first-order valence-electron chi connectivity index (χ1n) is 5.45. The smallest absolute Gasteiger partial charge is 0.124 e. The van der Waals surface area contributed by atoms with E-state index in [0.717, 1.165) is 0 Å². The number of phenolic OH excluding ortho intramolecular Hbond substituents is 2. The zero-order valence-corrected chi connectivity index (χ0v) is 9.62. The first-order valence-corrected chi connectivity index (χ1v) is 5.45. The van der Waals surface area contributed by atoms with E-state index in [0.29, 0.717) is 11.1 Å². The summed E-state index contributed by atoms with van der Waals surface area (Å²) in [6, 6.07) is 13.8. The Bertz CT molecular complexity index is 553. The summed E-state index contributed by atoms with van der Waals surface area (Å²) in [7, 11) is 0. The number of nitrogens with zero attached hydrogens (tertiary/aromatic N) is 1. The maximum Gasteiger partial charge on any atom is 0.124 e. The number of phenols is 2. The summed E-state index contributed by atoms with van der Waals surface area (Å²) in [4.78, 5) is 0. The third-order valence-electron chi connectivity index (χ3n) is 2.37. The molecule has 0 atom stereocenters. The molecule has 2 rings (SSSR count). The number of nitrogens with one attached hydrogen (secondary N) is 1. The molecule has 4 nitrogen and oxygen atoms in total. The Morgan fingerprint density at radius 3 is 2.00 bits per heavy atom. The standard InChI is InChI=1S/C14H13N2O2/c17-13-7-3-1-5-11(13)9-15-16-10-12-6-2-4-8-14(12)18/h1-10,15,17-18H. The molecule has 0 aliphatic heterocycles. The quantitative estimate of drug-likeness (QED) is 0.568. The molecule has 0 unspecified atom stereocenters. The van der Waals surface area contributed by atoms with Crippen LogP contribution in [0, 0.1) is 6.54 Å². The Hall–Kier alpha value is -2.49. The fourth-order valence-electron chi connectivity index (χ4n) is 1.42. The van der Waals surface area contributed by atoms with Crippen molar-refractivity contribution >= 4 is 6.21 Å². The van der Waals surface area contributed by atoms with Crippen LogP contribution in [0.25, 0.3) is 0 Å². The Morgan fingerprint density at radius 1 is 0.833 bits per heavy atom. The van der Waals surface area contributed by atoms with Crippen LogP contribution in [0.1, 0.15) is 11.1 Å². The summed E-state index contributed by atoms with van der Waals surface area (Å²) >= 11 is 0. The van der Waals surface area contributed by atoms with Gasteiger partial charge < -0.3 is 10.2 Å². The maximum absolute atomic E-state index is 9.51. The van der Waals surface area contributed by atoms with Crippen LogP contribution in [-0.4, -0.2) is 16.4 Å². The highest BCUT2D eigenvalue weighted by Crippen LogP contribution is 2.16. The monoisotopic (exact) mass is 241 g/mol. The summed E-state index contributed by atoms with van der Waals surface area (Å²) < 4.78 is 0. The minimum atomic E-state index is 0.172. The van der Waals surface area contributed by atoms with Gasteiger partial charge >= 0.3 is 0 Å². The van der Waals surface area contributed by atoms with Crippen molar-refractivity contribution in [1.29, 1.82) is 0 Å². The SMILES string of the molecule is Oc1ccccc1[CH]NN=Cc1ccccc1O. The molecular weight excluding hydrogens is 228 g/mol. The van der Waals surface area contributed by atoms with Gasteiger partial charge in [0, 0.05) is 11.1 Å². The molecule has 0 saturated carbocycles. The molecule has 0 aliphatic rings. The lowest BCUT2D eigenvalue weighted by Crippen LogP contribution is -2.02. The van der Waals surface area contributed by atoms with Crippen LogP contribution in [0.4, 0.5) is 0 Å². The summed E-state index contributed by atoms with van der Waals surface area (Å²) in [5.74, 6) is 0.355. The fourth-order valence-corrected chi connectivity index (χ4v) is 1.42. The minimum Gasteiger partial charge on any atom is -0.508 e. The van der Waals surface area contributed by atoms with Crippen molar-refractivity contribution in [2.24, 2.45) is 5.10 Å². The normalized spacial score (nSPS) is 10.7. The third kappa shape index (κ3) is 3.01. The second-order valence-corrected chi connectivity index (χ2v) is 3.65. The second-order valence-electron chi connectivity index (χ2n) is 3.65. The predicted octanol–water partition coefficient (Wildman–Crippen LogP) is 2.23. The zero-order chi connectivity index (χ0) is 12.8.